The van der Waals surface area contributed by atoms with Crippen LogP contribution in [0, 0.1) is 0 Å². The first-order valence-corrected chi connectivity index (χ1v) is 3.61. The van der Waals surface area contributed by atoms with Crippen LogP contribution >= 0.6 is 0 Å². The zero-order valence-corrected chi connectivity index (χ0v) is 7.01. The lowest BCUT2D eigenvalue weighted by atomic mass is 10.6. The minimum Gasteiger partial charge on any atom is -0.392 e. The number of nitrogens with zero attached hydrogens (tertiary/aromatic N) is 3. The third-order valence-corrected chi connectivity index (χ3v) is 1.27. The molecule has 13 heavy (non-hydrogen) atoms. The fraction of sp³-hybridized carbons (Fsp3) is 0.500. The number of carbonyl (C=O) groups is 1. The Kier molecular flexibility index (Phi) is 2.93. The van der Waals surface area contributed by atoms with Crippen molar-refractivity contribution in [3.63, 3.8) is 0 Å². The summed E-state index contributed by atoms with van der Waals surface area (Å²) in [5, 5.41) is 23.6. The Morgan fingerprint density at radius 1 is 1.85 bits per heavy atom. The molecule has 0 aliphatic rings. The number of hydrogen-bond acceptors (Lipinski definition) is 5. The first kappa shape index (κ1) is 9.62. The van der Waals surface area contributed by atoms with E-state index in [1.54, 1.807) is 0 Å². The second-order valence-corrected chi connectivity index (χ2v) is 2.39. The zero-order valence-electron chi connectivity index (χ0n) is 7.01. The third kappa shape index (κ3) is 2.49. The molecule has 1 rings (SSSR count). The summed E-state index contributed by atoms with van der Waals surface area (Å²) in [6.45, 7) is 0.867. The van der Waals surface area contributed by atoms with E-state index in [9.17, 15) is 4.79 Å². The van der Waals surface area contributed by atoms with Crippen molar-refractivity contribution in [3.05, 3.63) is 6.33 Å². The smallest absolute Gasteiger partial charge is 0.248 e. The monoisotopic (exact) mass is 186 g/mol. The van der Waals surface area contributed by atoms with Crippen LogP contribution in [-0.2, 0) is 4.79 Å². The number of rotatable bonds is 3. The molecule has 0 saturated carbocycles. The summed E-state index contributed by atoms with van der Waals surface area (Å²) < 4.78 is 1.05. The normalized spacial score (nSPS) is 12.5. The summed E-state index contributed by atoms with van der Waals surface area (Å²) in [5.41, 5.74) is 0. The van der Waals surface area contributed by atoms with Crippen LogP contribution in [0.3, 0.4) is 0 Å². The fourth-order valence-electron chi connectivity index (χ4n) is 0.717. The standard InChI is InChI=1S/C6H10N4O3/c1-4(12)8-6-7-3-10(9-6)5(13)2-11/h3,5,11,13H,2H2,1H3,(H,8,9,12). The molecule has 1 heterocycles. The maximum atomic E-state index is 10.5. The molecule has 7 nitrogen and oxygen atoms in total. The molecule has 7 heteroatoms. The van der Waals surface area contributed by atoms with Crippen LogP contribution in [0.5, 0.6) is 0 Å². The van der Waals surface area contributed by atoms with E-state index < -0.39 is 12.8 Å². The Hall–Kier alpha value is -1.47. The minimum atomic E-state index is -1.13. The third-order valence-electron chi connectivity index (χ3n) is 1.27. The molecule has 0 aliphatic heterocycles. The number of carbonyl (C=O) groups excluding carboxylic acids is 1. The van der Waals surface area contributed by atoms with E-state index in [4.69, 9.17) is 10.2 Å². The second-order valence-electron chi connectivity index (χ2n) is 2.39. The van der Waals surface area contributed by atoms with Gasteiger partial charge in [0.15, 0.2) is 6.23 Å². The zero-order chi connectivity index (χ0) is 9.84. The van der Waals surface area contributed by atoms with Crippen molar-refractivity contribution in [2.75, 3.05) is 11.9 Å². The number of anilines is 1. The second kappa shape index (κ2) is 3.97. The molecular weight excluding hydrogens is 176 g/mol. The average molecular weight is 186 g/mol. The predicted octanol–water partition coefficient (Wildman–Crippen LogP) is -1.28. The lowest BCUT2D eigenvalue weighted by Gasteiger charge is -2.04. The molecule has 1 aromatic heterocycles. The summed E-state index contributed by atoms with van der Waals surface area (Å²) in [6.07, 6.45) is 0.0848. The Bertz CT molecular complexity index is 298. The van der Waals surface area contributed by atoms with E-state index in [1.165, 1.54) is 13.3 Å². The van der Waals surface area contributed by atoms with Gasteiger partial charge < -0.3 is 10.2 Å². The molecule has 0 spiro atoms. The van der Waals surface area contributed by atoms with Gasteiger partial charge in [0.05, 0.1) is 6.61 Å². The number of aliphatic hydroxyl groups is 2. The summed E-state index contributed by atoms with van der Waals surface area (Å²) in [5.74, 6) is -0.198. The summed E-state index contributed by atoms with van der Waals surface area (Å²) >= 11 is 0. The van der Waals surface area contributed by atoms with Crippen molar-refractivity contribution in [2.45, 2.75) is 13.2 Å². The SMILES string of the molecule is CC(=O)Nc1ncn(C(O)CO)n1. The Labute approximate surface area is 74.0 Å². The van der Waals surface area contributed by atoms with E-state index in [-0.39, 0.29) is 11.9 Å². The van der Waals surface area contributed by atoms with Crippen molar-refractivity contribution < 1.29 is 15.0 Å². The average Bonchev–Trinajstić information content (AvgIpc) is 2.50. The van der Waals surface area contributed by atoms with Gasteiger partial charge in [0.2, 0.25) is 11.9 Å². The van der Waals surface area contributed by atoms with Crippen LogP contribution in [0.15, 0.2) is 6.33 Å². The topological polar surface area (TPSA) is 100 Å². The fourth-order valence-corrected chi connectivity index (χ4v) is 0.717. The van der Waals surface area contributed by atoms with Crippen LogP contribution in [0.4, 0.5) is 5.95 Å². The van der Waals surface area contributed by atoms with Gasteiger partial charge in [0.25, 0.3) is 0 Å². The van der Waals surface area contributed by atoms with Gasteiger partial charge in [0.1, 0.15) is 6.33 Å². The van der Waals surface area contributed by atoms with E-state index in [1.807, 2.05) is 0 Å². The Morgan fingerprint density at radius 3 is 3.08 bits per heavy atom. The van der Waals surface area contributed by atoms with Crippen LogP contribution in [0.2, 0.25) is 0 Å². The number of aliphatic hydroxyl groups excluding tert-OH is 2. The largest absolute Gasteiger partial charge is 0.392 e. The van der Waals surface area contributed by atoms with Crippen molar-refractivity contribution >= 4 is 11.9 Å². The highest BCUT2D eigenvalue weighted by molar-refractivity contribution is 5.86. The first-order chi connectivity index (χ1) is 6.13. The minimum absolute atomic E-state index is 0.0972. The molecular formula is C6H10N4O3. The lowest BCUT2D eigenvalue weighted by molar-refractivity contribution is -0.114. The van der Waals surface area contributed by atoms with E-state index in [0.29, 0.717) is 0 Å². The van der Waals surface area contributed by atoms with Gasteiger partial charge in [-0.25, -0.2) is 9.67 Å². The number of nitrogens with one attached hydrogen (secondary N) is 1. The predicted molar refractivity (Wildman–Crippen MR) is 42.7 cm³/mol. The van der Waals surface area contributed by atoms with Crippen molar-refractivity contribution in [2.24, 2.45) is 0 Å². The molecule has 0 aromatic carbocycles. The maximum Gasteiger partial charge on any atom is 0.248 e. The molecule has 1 atom stereocenters. The van der Waals surface area contributed by atoms with Gasteiger partial charge in [-0.3, -0.25) is 10.1 Å². The maximum absolute atomic E-state index is 10.5. The van der Waals surface area contributed by atoms with Gasteiger partial charge >= 0.3 is 0 Å². The number of aromatic nitrogens is 3. The first-order valence-electron chi connectivity index (χ1n) is 3.61. The van der Waals surface area contributed by atoms with Gasteiger partial charge in [-0.15, -0.1) is 5.10 Å². The highest BCUT2D eigenvalue weighted by Crippen LogP contribution is 2.01. The van der Waals surface area contributed by atoms with Gasteiger partial charge in [-0.1, -0.05) is 0 Å². The van der Waals surface area contributed by atoms with E-state index in [0.717, 1.165) is 4.68 Å². The molecule has 0 saturated heterocycles. The summed E-state index contributed by atoms with van der Waals surface area (Å²) in [7, 11) is 0. The van der Waals surface area contributed by atoms with Gasteiger partial charge in [-0.05, 0) is 0 Å². The quantitative estimate of drug-likeness (QED) is 0.546. The van der Waals surface area contributed by atoms with Gasteiger partial charge in [0, 0.05) is 6.92 Å². The van der Waals surface area contributed by atoms with Crippen LogP contribution in [-0.4, -0.2) is 37.5 Å². The van der Waals surface area contributed by atoms with Crippen molar-refractivity contribution in [1.82, 2.24) is 14.8 Å². The van der Waals surface area contributed by atoms with Crippen LogP contribution in [0.25, 0.3) is 0 Å². The van der Waals surface area contributed by atoms with Crippen LogP contribution < -0.4 is 5.32 Å². The summed E-state index contributed by atoms with van der Waals surface area (Å²) in [6, 6.07) is 0. The van der Waals surface area contributed by atoms with E-state index in [2.05, 4.69) is 15.4 Å². The molecule has 3 N–H and O–H groups in total. The molecule has 0 bridgehead atoms. The molecule has 72 valence electrons. The lowest BCUT2D eigenvalue weighted by Crippen LogP contribution is -2.14. The molecule has 1 amide bonds. The Morgan fingerprint density at radius 2 is 2.54 bits per heavy atom. The Balaban J connectivity index is 2.68. The van der Waals surface area contributed by atoms with Gasteiger partial charge in [-0.2, -0.15) is 0 Å². The number of amides is 1. The molecule has 0 aliphatic carbocycles. The molecule has 1 unspecified atom stereocenters. The van der Waals surface area contributed by atoms with Crippen molar-refractivity contribution in [1.29, 1.82) is 0 Å². The molecule has 0 fully saturated rings. The molecule has 1 aromatic rings. The van der Waals surface area contributed by atoms with Crippen LogP contribution in [0.1, 0.15) is 13.2 Å². The molecule has 0 radical (unpaired) electrons. The number of hydrogen-bond donors (Lipinski definition) is 3. The van der Waals surface area contributed by atoms with Crippen molar-refractivity contribution in [3.8, 4) is 0 Å². The summed E-state index contributed by atoms with van der Waals surface area (Å²) in [4.78, 5) is 14.2. The highest BCUT2D eigenvalue weighted by atomic mass is 16.3. The highest BCUT2D eigenvalue weighted by Gasteiger charge is 2.08. The van der Waals surface area contributed by atoms with E-state index >= 15 is 0 Å².